The molecule has 0 saturated carbocycles. The molecular formula is C33H28O3. The van der Waals surface area contributed by atoms with Crippen LogP contribution < -0.4 is 0 Å². The van der Waals surface area contributed by atoms with Crippen LogP contribution >= 0.6 is 0 Å². The van der Waals surface area contributed by atoms with E-state index in [9.17, 15) is 9.59 Å². The zero-order valence-electron chi connectivity index (χ0n) is 20.3. The first kappa shape index (κ1) is 23.7. The topological polar surface area (TPSA) is 43.4 Å². The van der Waals surface area contributed by atoms with Gasteiger partial charge in [-0.1, -0.05) is 122 Å². The minimum atomic E-state index is -1.61. The number of methoxy groups -OCH3 is 1. The fourth-order valence-corrected chi connectivity index (χ4v) is 5.74. The lowest BCUT2D eigenvalue weighted by Crippen LogP contribution is -2.64. The van der Waals surface area contributed by atoms with Gasteiger partial charge in [0.25, 0.3) is 0 Å². The van der Waals surface area contributed by atoms with Gasteiger partial charge in [-0.3, -0.25) is 9.59 Å². The molecule has 1 atom stereocenters. The van der Waals surface area contributed by atoms with Gasteiger partial charge in [-0.2, -0.15) is 0 Å². The predicted molar refractivity (Wildman–Crippen MR) is 143 cm³/mol. The van der Waals surface area contributed by atoms with Crippen LogP contribution in [0, 0.1) is 5.41 Å². The smallest absolute Gasteiger partial charge is 0.201 e. The summed E-state index contributed by atoms with van der Waals surface area (Å²) in [6.45, 7) is 4.43. The van der Waals surface area contributed by atoms with E-state index in [1.54, 1.807) is 18.2 Å². The highest BCUT2D eigenvalue weighted by atomic mass is 16.5. The number of ether oxygens (including phenoxy) is 1. The molecule has 0 heterocycles. The second kappa shape index (κ2) is 9.52. The Morgan fingerprint density at radius 2 is 1.06 bits per heavy atom. The molecule has 1 unspecified atom stereocenters. The minimum absolute atomic E-state index is 0.107. The summed E-state index contributed by atoms with van der Waals surface area (Å²) in [5.74, 6) is -0.342. The molecule has 4 aromatic rings. The number of Topliss-reactive ketones (excluding diaryl/α,β-unsaturated/α-hetero) is 2. The van der Waals surface area contributed by atoms with Crippen LogP contribution in [-0.2, 0) is 17.6 Å². The maximum Gasteiger partial charge on any atom is 0.201 e. The van der Waals surface area contributed by atoms with E-state index >= 15 is 0 Å². The van der Waals surface area contributed by atoms with Crippen molar-refractivity contribution in [2.75, 3.05) is 7.11 Å². The zero-order chi connectivity index (χ0) is 25.2. The number of fused-ring (bicyclic) bond motifs is 1. The Bertz CT molecular complexity index is 1370. The van der Waals surface area contributed by atoms with E-state index in [4.69, 9.17) is 4.74 Å². The van der Waals surface area contributed by atoms with Gasteiger partial charge in [-0.25, -0.2) is 0 Å². The van der Waals surface area contributed by atoms with Gasteiger partial charge in [0.15, 0.2) is 11.4 Å². The third-order valence-electron chi connectivity index (χ3n) is 7.40. The Morgan fingerprint density at radius 3 is 1.53 bits per heavy atom. The molecule has 1 aliphatic rings. The molecule has 4 aromatic carbocycles. The van der Waals surface area contributed by atoms with Crippen molar-refractivity contribution in [2.45, 2.75) is 18.4 Å². The van der Waals surface area contributed by atoms with Crippen molar-refractivity contribution in [1.29, 1.82) is 0 Å². The van der Waals surface area contributed by atoms with Crippen molar-refractivity contribution in [3.8, 4) is 0 Å². The highest BCUT2D eigenvalue weighted by Crippen LogP contribution is 2.54. The Morgan fingerprint density at radius 1 is 0.639 bits per heavy atom. The average molecular weight is 473 g/mol. The van der Waals surface area contributed by atoms with Crippen molar-refractivity contribution in [3.05, 3.63) is 150 Å². The molecule has 36 heavy (non-hydrogen) atoms. The van der Waals surface area contributed by atoms with E-state index in [0.717, 1.165) is 16.7 Å². The molecule has 0 saturated heterocycles. The average Bonchev–Trinajstić information content (AvgIpc) is 2.94. The monoisotopic (exact) mass is 472 g/mol. The SMILES string of the molecule is C=C(c1ccccc1)C1(OC)C(=O)c2ccccc2C(=O)C1(Cc1ccccc1)Cc1ccccc1. The second-order valence-corrected chi connectivity index (χ2v) is 9.34. The minimum Gasteiger partial charge on any atom is -0.364 e. The summed E-state index contributed by atoms with van der Waals surface area (Å²) < 4.78 is 6.33. The summed E-state index contributed by atoms with van der Waals surface area (Å²) >= 11 is 0. The van der Waals surface area contributed by atoms with Gasteiger partial charge in [0.1, 0.15) is 0 Å². The molecule has 0 amide bonds. The molecule has 0 N–H and O–H groups in total. The normalized spacial score (nSPS) is 18.5. The Kier molecular flexibility index (Phi) is 6.26. The van der Waals surface area contributed by atoms with E-state index < -0.39 is 11.0 Å². The van der Waals surface area contributed by atoms with Crippen LogP contribution in [0.25, 0.3) is 5.57 Å². The lowest BCUT2D eigenvalue weighted by atomic mass is 9.52. The van der Waals surface area contributed by atoms with Gasteiger partial charge in [0, 0.05) is 18.2 Å². The molecule has 5 rings (SSSR count). The molecule has 0 aliphatic heterocycles. The second-order valence-electron chi connectivity index (χ2n) is 9.34. The molecule has 0 bridgehead atoms. The summed E-state index contributed by atoms with van der Waals surface area (Å²) in [6.07, 6.45) is 0.642. The van der Waals surface area contributed by atoms with Crippen LogP contribution in [0.2, 0.25) is 0 Å². The summed E-state index contributed by atoms with van der Waals surface area (Å²) in [7, 11) is 1.53. The maximum absolute atomic E-state index is 14.7. The van der Waals surface area contributed by atoms with Crippen molar-refractivity contribution in [1.82, 2.24) is 0 Å². The van der Waals surface area contributed by atoms with E-state index in [1.165, 1.54) is 7.11 Å². The molecular weight excluding hydrogens is 444 g/mol. The molecule has 0 spiro atoms. The zero-order valence-corrected chi connectivity index (χ0v) is 20.3. The standard InChI is InChI=1S/C33H28O3/c1-24(27-18-10-5-11-19-27)33(36-2)31(35)29-21-13-12-20-28(29)30(34)32(33,22-25-14-6-3-7-15-25)23-26-16-8-4-9-17-26/h3-21H,1,22-23H2,2H3. The molecule has 178 valence electrons. The van der Waals surface area contributed by atoms with Crippen molar-refractivity contribution in [2.24, 2.45) is 5.41 Å². The van der Waals surface area contributed by atoms with E-state index in [-0.39, 0.29) is 11.6 Å². The van der Waals surface area contributed by atoms with Crippen LogP contribution in [0.4, 0.5) is 0 Å². The van der Waals surface area contributed by atoms with Gasteiger partial charge in [0.2, 0.25) is 5.78 Å². The van der Waals surface area contributed by atoms with Crippen LogP contribution in [0.5, 0.6) is 0 Å². The highest BCUT2D eigenvalue weighted by Gasteiger charge is 2.65. The number of carbonyl (C=O) groups excluding carboxylic acids is 2. The number of benzene rings is 4. The summed E-state index contributed by atoms with van der Waals surface area (Å²) in [5.41, 5.74) is 1.11. The van der Waals surface area contributed by atoms with E-state index in [0.29, 0.717) is 29.5 Å². The number of hydrogen-bond acceptors (Lipinski definition) is 3. The van der Waals surface area contributed by atoms with Gasteiger partial charge in [-0.05, 0) is 35.1 Å². The lowest BCUT2D eigenvalue weighted by Gasteiger charge is -2.52. The molecule has 3 heteroatoms. The summed E-state index contributed by atoms with van der Waals surface area (Å²) in [5, 5.41) is 0. The van der Waals surface area contributed by atoms with E-state index in [1.807, 2.05) is 97.1 Å². The molecule has 0 aromatic heterocycles. The quantitative estimate of drug-likeness (QED) is 0.303. The van der Waals surface area contributed by atoms with Gasteiger partial charge >= 0.3 is 0 Å². The van der Waals surface area contributed by atoms with Gasteiger partial charge in [0.05, 0.1) is 5.41 Å². The lowest BCUT2D eigenvalue weighted by molar-refractivity contribution is -0.0371. The number of hydrogen-bond donors (Lipinski definition) is 0. The van der Waals surface area contributed by atoms with Gasteiger partial charge < -0.3 is 4.74 Å². The largest absolute Gasteiger partial charge is 0.364 e. The van der Waals surface area contributed by atoms with Crippen molar-refractivity contribution < 1.29 is 14.3 Å². The molecule has 0 fully saturated rings. The molecule has 3 nitrogen and oxygen atoms in total. The summed E-state index contributed by atoms with van der Waals surface area (Å²) in [6, 6.07) is 36.3. The Hall–Kier alpha value is -4.08. The van der Waals surface area contributed by atoms with Crippen molar-refractivity contribution >= 4 is 17.1 Å². The predicted octanol–water partition coefficient (Wildman–Crippen LogP) is 6.64. The number of ketones is 2. The fourth-order valence-electron chi connectivity index (χ4n) is 5.74. The number of carbonyl (C=O) groups is 2. The van der Waals surface area contributed by atoms with Crippen LogP contribution in [-0.4, -0.2) is 24.3 Å². The maximum atomic E-state index is 14.7. The van der Waals surface area contributed by atoms with Gasteiger partial charge in [-0.15, -0.1) is 0 Å². The Labute approximate surface area is 212 Å². The van der Waals surface area contributed by atoms with Crippen LogP contribution in [0.15, 0.2) is 122 Å². The van der Waals surface area contributed by atoms with Crippen LogP contribution in [0.3, 0.4) is 0 Å². The highest BCUT2D eigenvalue weighted by molar-refractivity contribution is 6.25. The molecule has 1 aliphatic carbocycles. The fraction of sp³-hybridized carbons (Fsp3) is 0.152. The molecule has 0 radical (unpaired) electrons. The first-order valence-electron chi connectivity index (χ1n) is 12.1. The third-order valence-corrected chi connectivity index (χ3v) is 7.40. The van der Waals surface area contributed by atoms with Crippen LogP contribution in [0.1, 0.15) is 37.4 Å². The Balaban J connectivity index is 1.85. The third kappa shape index (κ3) is 3.64. The van der Waals surface area contributed by atoms with E-state index in [2.05, 4.69) is 6.58 Å². The first-order valence-corrected chi connectivity index (χ1v) is 12.1. The van der Waals surface area contributed by atoms with Crippen molar-refractivity contribution in [3.63, 3.8) is 0 Å². The summed E-state index contributed by atoms with van der Waals surface area (Å²) in [4.78, 5) is 29.3. The first-order chi connectivity index (χ1) is 17.5. The number of rotatable bonds is 7.